The highest BCUT2D eigenvalue weighted by Crippen LogP contribution is 2.36. The number of carbonyl (C=O) groups is 1. The number of nitrogens with one attached hydrogen (secondary N) is 3. The zero-order valence-corrected chi connectivity index (χ0v) is 20.7. The van der Waals surface area contributed by atoms with Crippen molar-refractivity contribution in [2.45, 2.75) is 13.3 Å². The van der Waals surface area contributed by atoms with Crippen LogP contribution in [-0.2, 0) is 4.79 Å². The molecule has 3 N–H and O–H groups in total. The van der Waals surface area contributed by atoms with Gasteiger partial charge in [-0.2, -0.15) is 5.10 Å². The van der Waals surface area contributed by atoms with E-state index in [0.29, 0.717) is 23.6 Å². The fourth-order valence-electron chi connectivity index (χ4n) is 4.55. The highest BCUT2D eigenvalue weighted by Gasteiger charge is 2.16. The maximum absolute atomic E-state index is 14.3. The number of amides is 1. The Bertz CT molecular complexity index is 1820. The number of fused-ring (bicyclic) bond motifs is 2. The van der Waals surface area contributed by atoms with Gasteiger partial charge in [0.1, 0.15) is 17.3 Å². The van der Waals surface area contributed by atoms with Gasteiger partial charge in [-0.05, 0) is 47.5 Å². The summed E-state index contributed by atoms with van der Waals surface area (Å²) < 4.78 is 19.5. The molecule has 0 radical (unpaired) electrons. The highest BCUT2D eigenvalue weighted by molar-refractivity contribution is 6.01. The summed E-state index contributed by atoms with van der Waals surface area (Å²) in [5, 5.41) is 12.3. The van der Waals surface area contributed by atoms with Crippen molar-refractivity contribution in [1.29, 1.82) is 0 Å². The van der Waals surface area contributed by atoms with Crippen molar-refractivity contribution in [2.24, 2.45) is 0 Å². The number of rotatable bonds is 6. The molecule has 4 aromatic heterocycles. The molecule has 0 aliphatic heterocycles. The van der Waals surface area contributed by atoms with Crippen molar-refractivity contribution < 1.29 is 13.9 Å². The lowest BCUT2D eigenvalue weighted by atomic mass is 10.0. The van der Waals surface area contributed by atoms with Crippen LogP contribution in [0.4, 0.5) is 10.1 Å². The van der Waals surface area contributed by atoms with E-state index in [1.807, 2.05) is 42.5 Å². The maximum atomic E-state index is 14.3. The molecule has 0 fully saturated rings. The Morgan fingerprint density at radius 2 is 1.89 bits per heavy atom. The Balaban J connectivity index is 1.43. The quantitative estimate of drug-likeness (QED) is 0.245. The molecule has 2 aromatic carbocycles. The first-order valence-corrected chi connectivity index (χ1v) is 12.1. The van der Waals surface area contributed by atoms with E-state index in [1.165, 1.54) is 19.2 Å². The van der Waals surface area contributed by atoms with E-state index in [4.69, 9.17) is 4.74 Å². The molecule has 38 heavy (non-hydrogen) atoms. The fourth-order valence-corrected chi connectivity index (χ4v) is 4.55. The minimum Gasteiger partial charge on any atom is -0.497 e. The molecule has 0 unspecified atom stereocenters. The van der Waals surface area contributed by atoms with Gasteiger partial charge in [0.2, 0.25) is 5.91 Å². The second-order valence-corrected chi connectivity index (χ2v) is 8.88. The molecule has 0 saturated carbocycles. The monoisotopic (exact) mass is 506 g/mol. The Morgan fingerprint density at radius 3 is 2.74 bits per heavy atom. The van der Waals surface area contributed by atoms with Crippen LogP contribution in [0, 0.1) is 5.82 Å². The van der Waals surface area contributed by atoms with Gasteiger partial charge in [0.25, 0.3) is 0 Å². The minimum atomic E-state index is -0.363. The normalized spacial score (nSPS) is 11.2. The van der Waals surface area contributed by atoms with Gasteiger partial charge in [-0.1, -0.05) is 19.1 Å². The number of benzene rings is 2. The van der Waals surface area contributed by atoms with E-state index in [1.54, 1.807) is 25.5 Å². The van der Waals surface area contributed by atoms with Crippen molar-refractivity contribution in [3.63, 3.8) is 0 Å². The first-order chi connectivity index (χ1) is 18.5. The highest BCUT2D eigenvalue weighted by atomic mass is 19.1. The molecule has 0 atom stereocenters. The molecule has 4 heterocycles. The number of aromatic nitrogens is 5. The van der Waals surface area contributed by atoms with Gasteiger partial charge in [-0.3, -0.25) is 19.9 Å². The lowest BCUT2D eigenvalue weighted by Gasteiger charge is -2.07. The summed E-state index contributed by atoms with van der Waals surface area (Å²) in [5.74, 6) is 0.0107. The largest absolute Gasteiger partial charge is 0.497 e. The van der Waals surface area contributed by atoms with Crippen LogP contribution < -0.4 is 10.1 Å². The molecule has 0 saturated heterocycles. The molecular formula is C29H23FN6O2. The molecule has 0 spiro atoms. The number of halogens is 1. The molecular weight excluding hydrogens is 483 g/mol. The molecule has 0 bridgehead atoms. The van der Waals surface area contributed by atoms with Crippen molar-refractivity contribution in [1.82, 2.24) is 25.1 Å². The predicted molar refractivity (Wildman–Crippen MR) is 145 cm³/mol. The summed E-state index contributed by atoms with van der Waals surface area (Å²) >= 11 is 0. The number of hydrogen-bond donors (Lipinski definition) is 3. The number of anilines is 1. The first-order valence-electron chi connectivity index (χ1n) is 12.1. The number of nitrogens with zero attached hydrogens (tertiary/aromatic N) is 3. The first kappa shape index (κ1) is 23.4. The second-order valence-electron chi connectivity index (χ2n) is 8.88. The Kier molecular flexibility index (Phi) is 5.80. The Labute approximate surface area is 216 Å². The van der Waals surface area contributed by atoms with Gasteiger partial charge in [0.15, 0.2) is 0 Å². The smallest absolute Gasteiger partial charge is 0.224 e. The summed E-state index contributed by atoms with van der Waals surface area (Å²) in [7, 11) is 1.52. The second kappa shape index (κ2) is 9.44. The lowest BCUT2D eigenvalue weighted by Crippen LogP contribution is -2.09. The fraction of sp³-hybridized carbons (Fsp3) is 0.103. The van der Waals surface area contributed by atoms with E-state index in [9.17, 15) is 9.18 Å². The Hall–Kier alpha value is -5.05. The molecule has 6 rings (SSSR count). The average Bonchev–Trinajstić information content (AvgIpc) is 3.56. The molecule has 188 valence electrons. The zero-order valence-electron chi connectivity index (χ0n) is 20.7. The van der Waals surface area contributed by atoms with Gasteiger partial charge < -0.3 is 15.0 Å². The van der Waals surface area contributed by atoms with E-state index < -0.39 is 0 Å². The number of H-pyrrole nitrogens is 2. The van der Waals surface area contributed by atoms with Crippen LogP contribution in [0.1, 0.15) is 13.3 Å². The van der Waals surface area contributed by atoms with Gasteiger partial charge in [-0.15, -0.1) is 0 Å². The van der Waals surface area contributed by atoms with E-state index in [-0.39, 0.29) is 11.7 Å². The summed E-state index contributed by atoms with van der Waals surface area (Å²) in [4.78, 5) is 24.1. The molecule has 0 aliphatic rings. The number of hydrogen-bond acceptors (Lipinski definition) is 5. The van der Waals surface area contributed by atoms with Gasteiger partial charge in [0.05, 0.1) is 42.1 Å². The van der Waals surface area contributed by atoms with Crippen molar-refractivity contribution in [3.8, 4) is 39.5 Å². The standard InChI is InChI=1S/C29H23FN6O2/c1-3-28(37)33-19-8-17(13-31-14-19)25-12-23-27(15-32-25)35-36-29(23)26-11-22-21(5-4-6-24(22)34-26)16-7-18(30)10-20(9-16)38-2/h4-15,34H,3H2,1-2H3,(H,33,37)(H,35,36). The minimum absolute atomic E-state index is 0.0839. The van der Waals surface area contributed by atoms with Crippen molar-refractivity contribution >= 4 is 33.4 Å². The number of ether oxygens (including phenoxy) is 1. The average molecular weight is 507 g/mol. The van der Waals surface area contributed by atoms with Gasteiger partial charge in [-0.25, -0.2) is 4.39 Å². The molecule has 8 nitrogen and oxygen atoms in total. The zero-order chi connectivity index (χ0) is 26.2. The third-order valence-electron chi connectivity index (χ3n) is 6.42. The number of aromatic amines is 2. The SMILES string of the molecule is CCC(=O)Nc1cncc(-c2cc3c(-c4cc5c(-c6cc(F)cc(OC)c6)cccc5[nH]4)n[nH]c3cn2)c1. The molecule has 6 aromatic rings. The molecule has 9 heteroatoms. The van der Waals surface area contributed by atoms with Gasteiger partial charge in [0, 0.05) is 40.5 Å². The maximum Gasteiger partial charge on any atom is 0.224 e. The summed E-state index contributed by atoms with van der Waals surface area (Å²) in [5.41, 5.74) is 6.89. The van der Waals surface area contributed by atoms with Crippen LogP contribution >= 0.6 is 0 Å². The number of pyridine rings is 2. The summed E-state index contributed by atoms with van der Waals surface area (Å²) in [6, 6.07) is 16.3. The number of carbonyl (C=O) groups excluding carboxylic acids is 1. The third kappa shape index (κ3) is 4.24. The Morgan fingerprint density at radius 1 is 1.00 bits per heavy atom. The van der Waals surface area contributed by atoms with Crippen LogP contribution in [0.5, 0.6) is 5.75 Å². The molecule has 1 amide bonds. The molecule has 0 aliphatic carbocycles. The van der Waals surface area contributed by atoms with Crippen LogP contribution in [0.3, 0.4) is 0 Å². The summed E-state index contributed by atoms with van der Waals surface area (Å²) in [6.45, 7) is 1.80. The van der Waals surface area contributed by atoms with Crippen LogP contribution in [0.2, 0.25) is 0 Å². The van der Waals surface area contributed by atoms with Gasteiger partial charge >= 0.3 is 0 Å². The van der Waals surface area contributed by atoms with Crippen LogP contribution in [0.15, 0.2) is 73.2 Å². The summed E-state index contributed by atoms with van der Waals surface area (Å²) in [6.07, 6.45) is 5.42. The van der Waals surface area contributed by atoms with Crippen LogP contribution in [0.25, 0.3) is 55.6 Å². The van der Waals surface area contributed by atoms with Crippen LogP contribution in [-0.4, -0.2) is 38.2 Å². The van der Waals surface area contributed by atoms with Crippen molar-refractivity contribution in [3.05, 3.63) is 79.0 Å². The van der Waals surface area contributed by atoms with Crippen molar-refractivity contribution in [2.75, 3.05) is 12.4 Å². The lowest BCUT2D eigenvalue weighted by molar-refractivity contribution is -0.115. The third-order valence-corrected chi connectivity index (χ3v) is 6.42. The predicted octanol–water partition coefficient (Wildman–Crippen LogP) is 6.33. The van der Waals surface area contributed by atoms with E-state index in [2.05, 4.69) is 30.5 Å². The van der Waals surface area contributed by atoms with E-state index in [0.717, 1.165) is 49.9 Å². The topological polar surface area (TPSA) is 109 Å². The van der Waals surface area contributed by atoms with E-state index >= 15 is 0 Å². The number of methoxy groups -OCH3 is 1.